The Kier molecular flexibility index (Phi) is 5.24. The molecule has 0 aliphatic rings. The number of thioether (sulfide) groups is 1. The van der Waals surface area contributed by atoms with Crippen LogP contribution in [0, 0.1) is 0 Å². The van der Waals surface area contributed by atoms with E-state index < -0.39 is 0 Å². The summed E-state index contributed by atoms with van der Waals surface area (Å²) in [5.41, 5.74) is 0. The maximum atomic E-state index is 11.5. The summed E-state index contributed by atoms with van der Waals surface area (Å²) in [4.78, 5) is 13.2. The van der Waals surface area contributed by atoms with Gasteiger partial charge in [0.2, 0.25) is 11.1 Å². The molecule has 0 unspecified atom stereocenters. The average Bonchev–Trinajstić information content (AvgIpc) is 2.69. The van der Waals surface area contributed by atoms with E-state index in [0.717, 1.165) is 23.9 Å². The van der Waals surface area contributed by atoms with Crippen LogP contribution < -0.4 is 0 Å². The number of aryl methyl sites for hydroxylation is 1. The van der Waals surface area contributed by atoms with Gasteiger partial charge in [-0.25, -0.2) is 4.68 Å². The molecule has 1 amide bonds. The van der Waals surface area contributed by atoms with E-state index in [9.17, 15) is 4.79 Å². The highest BCUT2D eigenvalue weighted by Gasteiger charge is 2.07. The van der Waals surface area contributed by atoms with Gasteiger partial charge in [0.15, 0.2) is 0 Å². The summed E-state index contributed by atoms with van der Waals surface area (Å²) < 4.78 is 1.63. The van der Waals surface area contributed by atoms with Crippen molar-refractivity contribution in [1.82, 2.24) is 25.1 Å². The van der Waals surface area contributed by atoms with E-state index in [-0.39, 0.29) is 5.91 Å². The number of amides is 1. The van der Waals surface area contributed by atoms with Crippen molar-refractivity contribution < 1.29 is 4.79 Å². The lowest BCUT2D eigenvalue weighted by atomic mass is 10.3. The number of hydrogen-bond donors (Lipinski definition) is 0. The molecule has 0 aliphatic carbocycles. The van der Waals surface area contributed by atoms with Crippen molar-refractivity contribution >= 4 is 17.7 Å². The normalized spacial score (nSPS) is 10.4. The minimum absolute atomic E-state index is 0.194. The van der Waals surface area contributed by atoms with Crippen molar-refractivity contribution in [3.63, 3.8) is 0 Å². The largest absolute Gasteiger partial charge is 0.346 e. The lowest BCUT2D eigenvalue weighted by molar-refractivity contribution is -0.129. The Bertz CT molecular complexity index is 340. The van der Waals surface area contributed by atoms with Gasteiger partial charge in [-0.1, -0.05) is 11.8 Å². The molecule has 7 heteroatoms. The Morgan fingerprint density at radius 1 is 1.56 bits per heavy atom. The van der Waals surface area contributed by atoms with Crippen LogP contribution in [-0.4, -0.2) is 50.4 Å². The van der Waals surface area contributed by atoms with Crippen LogP contribution in [0.5, 0.6) is 0 Å². The first-order chi connectivity index (χ1) is 7.65. The molecule has 1 aromatic rings. The minimum Gasteiger partial charge on any atom is -0.346 e. The molecule has 0 bridgehead atoms. The number of tetrazole rings is 1. The molecule has 90 valence electrons. The first kappa shape index (κ1) is 13.0. The van der Waals surface area contributed by atoms with Gasteiger partial charge in [-0.05, 0) is 23.8 Å². The highest BCUT2D eigenvalue weighted by Crippen LogP contribution is 2.14. The molecule has 0 spiro atoms. The lowest BCUT2D eigenvalue weighted by Crippen LogP contribution is -2.25. The molecule has 0 aromatic carbocycles. The fraction of sp³-hybridized carbons (Fsp3) is 0.778. The van der Waals surface area contributed by atoms with Gasteiger partial charge >= 0.3 is 0 Å². The predicted molar refractivity (Wildman–Crippen MR) is 62.1 cm³/mol. The van der Waals surface area contributed by atoms with Gasteiger partial charge < -0.3 is 4.90 Å². The van der Waals surface area contributed by atoms with E-state index in [2.05, 4.69) is 15.5 Å². The van der Waals surface area contributed by atoms with E-state index in [1.54, 1.807) is 28.4 Å². The van der Waals surface area contributed by atoms with Crippen LogP contribution in [0.1, 0.15) is 19.8 Å². The highest BCUT2D eigenvalue weighted by molar-refractivity contribution is 7.99. The standard InChI is InChI=1S/C9H17N5OS/c1-4-13(2)8(15)6-5-7-16-9-10-11-12-14(9)3/h4-7H2,1-3H3. The van der Waals surface area contributed by atoms with Crippen molar-refractivity contribution in [1.29, 1.82) is 0 Å². The molecule has 1 aromatic heterocycles. The Hall–Kier alpha value is -1.11. The fourth-order valence-electron chi connectivity index (χ4n) is 1.10. The van der Waals surface area contributed by atoms with Crippen molar-refractivity contribution in [3.05, 3.63) is 0 Å². The molecule has 0 saturated heterocycles. The van der Waals surface area contributed by atoms with Crippen LogP contribution in [0.3, 0.4) is 0 Å². The molecule has 0 aliphatic heterocycles. The molecule has 0 N–H and O–H groups in total. The van der Waals surface area contributed by atoms with Gasteiger partial charge in [-0.2, -0.15) is 0 Å². The van der Waals surface area contributed by atoms with Crippen molar-refractivity contribution in [2.75, 3.05) is 19.3 Å². The maximum Gasteiger partial charge on any atom is 0.222 e. The van der Waals surface area contributed by atoms with Crippen LogP contribution in [0.4, 0.5) is 0 Å². The minimum atomic E-state index is 0.194. The number of carbonyl (C=O) groups excluding carboxylic acids is 1. The molecule has 0 radical (unpaired) electrons. The first-order valence-electron chi connectivity index (χ1n) is 5.24. The van der Waals surface area contributed by atoms with Crippen LogP contribution in [0.25, 0.3) is 0 Å². The van der Waals surface area contributed by atoms with Gasteiger partial charge in [-0.3, -0.25) is 4.79 Å². The van der Waals surface area contributed by atoms with E-state index in [4.69, 9.17) is 0 Å². The van der Waals surface area contributed by atoms with Gasteiger partial charge in [0.1, 0.15) is 0 Å². The van der Waals surface area contributed by atoms with Gasteiger partial charge in [0.05, 0.1) is 0 Å². The predicted octanol–water partition coefficient (Wildman–Crippen LogP) is 0.561. The third kappa shape index (κ3) is 3.80. The van der Waals surface area contributed by atoms with E-state index in [1.807, 2.05) is 14.0 Å². The molecule has 16 heavy (non-hydrogen) atoms. The van der Waals surface area contributed by atoms with Crippen molar-refractivity contribution in [2.24, 2.45) is 7.05 Å². The smallest absolute Gasteiger partial charge is 0.222 e. The quantitative estimate of drug-likeness (QED) is 0.539. The molecule has 0 saturated carbocycles. The molecular weight excluding hydrogens is 226 g/mol. The summed E-state index contributed by atoms with van der Waals surface area (Å²) in [7, 11) is 3.63. The summed E-state index contributed by atoms with van der Waals surface area (Å²) in [6.45, 7) is 2.73. The van der Waals surface area contributed by atoms with Gasteiger partial charge in [-0.15, -0.1) is 5.10 Å². The fourth-order valence-corrected chi connectivity index (χ4v) is 1.89. The summed E-state index contributed by atoms with van der Waals surface area (Å²) >= 11 is 1.57. The topological polar surface area (TPSA) is 63.9 Å². The number of hydrogen-bond acceptors (Lipinski definition) is 5. The zero-order valence-electron chi connectivity index (χ0n) is 9.88. The van der Waals surface area contributed by atoms with E-state index in [0.29, 0.717) is 6.42 Å². The van der Waals surface area contributed by atoms with Crippen molar-refractivity contribution in [2.45, 2.75) is 24.9 Å². The second-order valence-electron chi connectivity index (χ2n) is 3.44. The second kappa shape index (κ2) is 6.47. The SMILES string of the molecule is CCN(C)C(=O)CCCSc1nnnn1C. The zero-order chi connectivity index (χ0) is 12.0. The van der Waals surface area contributed by atoms with Crippen LogP contribution in [0.15, 0.2) is 5.16 Å². The number of carbonyl (C=O) groups is 1. The van der Waals surface area contributed by atoms with E-state index in [1.165, 1.54) is 0 Å². The van der Waals surface area contributed by atoms with Gasteiger partial charge in [0.25, 0.3) is 0 Å². The second-order valence-corrected chi connectivity index (χ2v) is 4.51. The molecule has 1 heterocycles. The first-order valence-corrected chi connectivity index (χ1v) is 6.22. The Balaban J connectivity index is 2.17. The molecule has 0 atom stereocenters. The Morgan fingerprint density at radius 3 is 2.88 bits per heavy atom. The summed E-state index contributed by atoms with van der Waals surface area (Å²) in [6.07, 6.45) is 1.43. The van der Waals surface area contributed by atoms with Gasteiger partial charge in [0, 0.05) is 32.8 Å². The summed E-state index contributed by atoms with van der Waals surface area (Å²) in [5, 5.41) is 11.9. The third-order valence-corrected chi connectivity index (χ3v) is 3.34. The van der Waals surface area contributed by atoms with Crippen molar-refractivity contribution in [3.8, 4) is 0 Å². The molecular formula is C9H17N5OS. The monoisotopic (exact) mass is 243 g/mol. The van der Waals surface area contributed by atoms with Crippen LogP contribution >= 0.6 is 11.8 Å². The number of nitrogens with zero attached hydrogens (tertiary/aromatic N) is 5. The Labute approximate surface area is 99.4 Å². The zero-order valence-corrected chi connectivity index (χ0v) is 10.7. The van der Waals surface area contributed by atoms with Crippen LogP contribution in [0.2, 0.25) is 0 Å². The average molecular weight is 243 g/mol. The maximum absolute atomic E-state index is 11.5. The Morgan fingerprint density at radius 2 is 2.31 bits per heavy atom. The van der Waals surface area contributed by atoms with E-state index >= 15 is 0 Å². The number of aromatic nitrogens is 4. The number of rotatable bonds is 6. The summed E-state index contributed by atoms with van der Waals surface area (Å²) in [5.74, 6) is 1.05. The highest BCUT2D eigenvalue weighted by atomic mass is 32.2. The van der Waals surface area contributed by atoms with Crippen LogP contribution in [-0.2, 0) is 11.8 Å². The third-order valence-electron chi connectivity index (χ3n) is 2.25. The lowest BCUT2D eigenvalue weighted by Gasteiger charge is -2.13. The molecule has 1 rings (SSSR count). The molecule has 6 nitrogen and oxygen atoms in total. The summed E-state index contributed by atoms with van der Waals surface area (Å²) in [6, 6.07) is 0. The molecule has 0 fully saturated rings.